The Kier molecular flexibility index (Phi) is 3.40. The van der Waals surface area contributed by atoms with E-state index in [9.17, 15) is 0 Å². The van der Waals surface area contributed by atoms with E-state index in [1.807, 2.05) is 0 Å². The molecule has 0 aliphatic carbocycles. The second kappa shape index (κ2) is 4.45. The number of hydrogen-bond acceptors (Lipinski definition) is 4. The van der Waals surface area contributed by atoms with Crippen molar-refractivity contribution in [2.45, 2.75) is 20.8 Å². The first-order valence-corrected chi connectivity index (χ1v) is 5.53. The maximum atomic E-state index is 5.60. The Bertz CT molecular complexity index is 206. The van der Waals surface area contributed by atoms with Crippen LogP contribution in [-0.4, -0.2) is 40.4 Å². The maximum absolute atomic E-state index is 5.60. The van der Waals surface area contributed by atoms with Crippen LogP contribution in [-0.2, 0) is 18.6 Å². The lowest BCUT2D eigenvalue weighted by atomic mass is 9.47. The molecule has 0 radical (unpaired) electrons. The summed E-state index contributed by atoms with van der Waals surface area (Å²) in [4.78, 5) is 0. The second-order valence-corrected chi connectivity index (χ2v) is 5.29. The molecule has 84 valence electrons. The summed E-state index contributed by atoms with van der Waals surface area (Å²) in [6.07, 6.45) is 0. The average Bonchev–Trinajstić information content (AvgIpc) is 2.20. The fourth-order valence-electron chi connectivity index (χ4n) is 1.63. The van der Waals surface area contributed by atoms with Gasteiger partial charge < -0.3 is 18.6 Å². The zero-order chi connectivity index (χ0) is 10.9. The number of rotatable bonds is 1. The van der Waals surface area contributed by atoms with Gasteiger partial charge in [-0.3, -0.25) is 0 Å². The van der Waals surface area contributed by atoms with E-state index in [1.165, 1.54) is 0 Å². The lowest BCUT2D eigenvalue weighted by Gasteiger charge is -2.36. The van der Waals surface area contributed by atoms with Crippen molar-refractivity contribution in [1.29, 1.82) is 0 Å². The van der Waals surface area contributed by atoms with Gasteiger partial charge in [0.25, 0.3) is 0 Å². The largest absolute Gasteiger partial charge is 0.488 e. The van der Waals surface area contributed by atoms with Gasteiger partial charge in [0.2, 0.25) is 0 Å². The van der Waals surface area contributed by atoms with Gasteiger partial charge in [-0.2, -0.15) is 0 Å². The van der Waals surface area contributed by atoms with E-state index >= 15 is 0 Å². The summed E-state index contributed by atoms with van der Waals surface area (Å²) in [5.41, 5.74) is 0.0957. The topological polar surface area (TPSA) is 36.9 Å². The minimum Gasteiger partial charge on any atom is -0.413 e. The smallest absolute Gasteiger partial charge is 0.413 e. The van der Waals surface area contributed by atoms with Crippen LogP contribution in [0.4, 0.5) is 0 Å². The molecule has 2 aliphatic rings. The van der Waals surface area contributed by atoms with E-state index in [1.54, 1.807) is 0 Å². The zero-order valence-electron chi connectivity index (χ0n) is 9.69. The maximum Gasteiger partial charge on any atom is 0.488 e. The molecule has 0 N–H and O–H groups in total. The van der Waals surface area contributed by atoms with E-state index in [2.05, 4.69) is 20.8 Å². The molecule has 0 spiro atoms. The van der Waals surface area contributed by atoms with Crippen molar-refractivity contribution < 1.29 is 18.6 Å². The molecule has 0 bridgehead atoms. The van der Waals surface area contributed by atoms with Gasteiger partial charge in [-0.1, -0.05) is 20.8 Å². The standard InChI is InChI=1S/C9H18B2O4/c1-8-4-12-10(13-5-8)11-14-6-9(2,3)7-15-11/h8H,4-7H2,1-3H3. The Morgan fingerprint density at radius 3 is 1.93 bits per heavy atom. The van der Waals surface area contributed by atoms with Gasteiger partial charge in [-0.05, 0) is 5.92 Å². The van der Waals surface area contributed by atoms with Crippen LogP contribution in [0.2, 0.25) is 0 Å². The van der Waals surface area contributed by atoms with Crippen LogP contribution in [0, 0.1) is 11.3 Å². The quantitative estimate of drug-likeness (QED) is 0.602. The lowest BCUT2D eigenvalue weighted by Crippen LogP contribution is -2.54. The minimum absolute atomic E-state index is 0.0957. The highest BCUT2D eigenvalue weighted by molar-refractivity contribution is 7.10. The second-order valence-electron chi connectivity index (χ2n) is 5.29. The molecule has 0 amide bonds. The third-order valence-corrected chi connectivity index (χ3v) is 2.59. The summed E-state index contributed by atoms with van der Waals surface area (Å²) < 4.78 is 22.2. The van der Waals surface area contributed by atoms with Crippen molar-refractivity contribution in [3.8, 4) is 0 Å². The SMILES string of the molecule is CC1COB(B2OCC(C)(C)CO2)OC1. The molecule has 2 fully saturated rings. The van der Waals surface area contributed by atoms with Crippen molar-refractivity contribution in [3.05, 3.63) is 0 Å². The normalized spacial score (nSPS) is 28.2. The molecule has 0 aromatic rings. The van der Waals surface area contributed by atoms with Gasteiger partial charge in [-0.15, -0.1) is 0 Å². The van der Waals surface area contributed by atoms with Crippen LogP contribution < -0.4 is 0 Å². The fourth-order valence-corrected chi connectivity index (χ4v) is 1.63. The summed E-state index contributed by atoms with van der Waals surface area (Å²) in [6.45, 7) is 9.16. The molecule has 0 aromatic heterocycles. The molecule has 4 nitrogen and oxygen atoms in total. The van der Waals surface area contributed by atoms with Crippen molar-refractivity contribution in [1.82, 2.24) is 0 Å². The van der Waals surface area contributed by atoms with Crippen molar-refractivity contribution in [2.24, 2.45) is 11.3 Å². The van der Waals surface area contributed by atoms with Crippen LogP contribution in [0.25, 0.3) is 0 Å². The van der Waals surface area contributed by atoms with E-state index in [-0.39, 0.29) is 19.4 Å². The van der Waals surface area contributed by atoms with Crippen molar-refractivity contribution in [3.63, 3.8) is 0 Å². The predicted molar refractivity (Wildman–Crippen MR) is 58.3 cm³/mol. The van der Waals surface area contributed by atoms with Gasteiger partial charge in [0.1, 0.15) is 0 Å². The zero-order valence-corrected chi connectivity index (χ0v) is 9.69. The molecule has 0 atom stereocenters. The van der Waals surface area contributed by atoms with Gasteiger partial charge in [0.05, 0.1) is 0 Å². The molecule has 2 heterocycles. The monoisotopic (exact) mass is 212 g/mol. The Morgan fingerprint density at radius 1 is 0.933 bits per heavy atom. The first-order chi connectivity index (χ1) is 7.07. The third-order valence-electron chi connectivity index (χ3n) is 2.59. The minimum atomic E-state index is -0.356. The summed E-state index contributed by atoms with van der Waals surface area (Å²) in [6, 6.07) is 0. The highest BCUT2D eigenvalue weighted by Gasteiger charge is 2.45. The Labute approximate surface area is 91.9 Å². The Balaban J connectivity index is 1.80. The van der Waals surface area contributed by atoms with E-state index in [0.717, 1.165) is 13.2 Å². The van der Waals surface area contributed by atoms with E-state index in [0.29, 0.717) is 19.1 Å². The highest BCUT2D eigenvalue weighted by Crippen LogP contribution is 2.23. The molecule has 2 aliphatic heterocycles. The molecule has 15 heavy (non-hydrogen) atoms. The molecule has 2 saturated heterocycles. The molecular formula is C9H18B2O4. The van der Waals surface area contributed by atoms with Gasteiger partial charge in [-0.25, -0.2) is 0 Å². The average molecular weight is 212 g/mol. The lowest BCUT2D eigenvalue weighted by molar-refractivity contribution is 0.0223. The molecule has 0 unspecified atom stereocenters. The van der Waals surface area contributed by atoms with Crippen LogP contribution in [0.3, 0.4) is 0 Å². The highest BCUT2D eigenvalue weighted by atomic mass is 16.7. The first kappa shape index (κ1) is 11.5. The van der Waals surface area contributed by atoms with Crippen molar-refractivity contribution >= 4 is 14.0 Å². The van der Waals surface area contributed by atoms with Crippen LogP contribution >= 0.6 is 0 Å². The first-order valence-electron chi connectivity index (χ1n) is 5.53. The summed E-state index contributed by atoms with van der Waals surface area (Å²) in [5, 5.41) is 0. The molecular weight excluding hydrogens is 194 g/mol. The molecule has 2 rings (SSSR count). The summed E-state index contributed by atoms with van der Waals surface area (Å²) in [7, 11) is -0.706. The predicted octanol–water partition coefficient (Wildman–Crippen LogP) is 0.797. The van der Waals surface area contributed by atoms with Crippen LogP contribution in [0.1, 0.15) is 20.8 Å². The van der Waals surface area contributed by atoms with Crippen LogP contribution in [0.15, 0.2) is 0 Å². The van der Waals surface area contributed by atoms with Gasteiger partial charge >= 0.3 is 14.0 Å². The summed E-state index contributed by atoms with van der Waals surface area (Å²) in [5.74, 6) is 0.460. The van der Waals surface area contributed by atoms with E-state index in [4.69, 9.17) is 18.6 Å². The Hall–Kier alpha value is -0.0301. The molecule has 6 heteroatoms. The van der Waals surface area contributed by atoms with Gasteiger partial charge in [0.15, 0.2) is 0 Å². The number of hydrogen-bond donors (Lipinski definition) is 0. The fraction of sp³-hybridized carbons (Fsp3) is 1.00. The van der Waals surface area contributed by atoms with Crippen molar-refractivity contribution in [2.75, 3.05) is 26.4 Å². The third kappa shape index (κ3) is 2.97. The Morgan fingerprint density at radius 2 is 1.40 bits per heavy atom. The van der Waals surface area contributed by atoms with E-state index < -0.39 is 0 Å². The molecule has 0 aromatic carbocycles. The molecule has 0 saturated carbocycles. The van der Waals surface area contributed by atoms with Gasteiger partial charge in [0, 0.05) is 31.8 Å². The van der Waals surface area contributed by atoms with Crippen LogP contribution in [0.5, 0.6) is 0 Å². The summed E-state index contributed by atoms with van der Waals surface area (Å²) >= 11 is 0.